The Hall–Kier alpha value is -4.28. The molecule has 1 heterocycles. The van der Waals surface area contributed by atoms with Crippen molar-refractivity contribution in [2.45, 2.75) is 0 Å². The number of anilines is 1. The van der Waals surface area contributed by atoms with Gasteiger partial charge >= 0.3 is 0 Å². The molecule has 0 spiro atoms. The van der Waals surface area contributed by atoms with Crippen LogP contribution in [0.5, 0.6) is 11.5 Å². The molecule has 0 aliphatic carbocycles. The van der Waals surface area contributed by atoms with Crippen molar-refractivity contribution in [1.82, 2.24) is 14.9 Å². The van der Waals surface area contributed by atoms with Crippen LogP contribution in [0, 0.1) is 10.1 Å². The van der Waals surface area contributed by atoms with Crippen LogP contribution >= 0.6 is 0 Å². The maximum atomic E-state index is 12.1. The lowest BCUT2D eigenvalue weighted by molar-refractivity contribution is -0.384. The van der Waals surface area contributed by atoms with Crippen molar-refractivity contribution < 1.29 is 19.2 Å². The molecule has 0 unspecified atom stereocenters. The summed E-state index contributed by atoms with van der Waals surface area (Å²) in [6, 6.07) is 10.7. The number of nitro groups is 1. The number of rotatable bonds is 8. The van der Waals surface area contributed by atoms with Gasteiger partial charge in [0.25, 0.3) is 11.6 Å². The van der Waals surface area contributed by atoms with Crippen LogP contribution in [0.15, 0.2) is 60.2 Å². The van der Waals surface area contributed by atoms with E-state index in [9.17, 15) is 14.9 Å². The van der Waals surface area contributed by atoms with Gasteiger partial charge in [0.15, 0.2) is 18.1 Å². The summed E-state index contributed by atoms with van der Waals surface area (Å²) < 4.78 is 12.2. The molecule has 0 bridgehead atoms. The number of carbonyl (C=O) groups excluding carboxylic acids is 1. The summed E-state index contributed by atoms with van der Waals surface area (Å²) in [5.41, 5.74) is 0.929. The van der Waals surface area contributed by atoms with Gasteiger partial charge in [0.05, 0.1) is 18.2 Å². The highest BCUT2D eigenvalue weighted by molar-refractivity contribution is 5.92. The van der Waals surface area contributed by atoms with E-state index < -0.39 is 10.8 Å². The quantitative estimate of drug-likeness (QED) is 0.350. The molecule has 3 aromatic rings. The van der Waals surface area contributed by atoms with Crippen molar-refractivity contribution >= 4 is 23.5 Å². The zero-order valence-electron chi connectivity index (χ0n) is 15.3. The van der Waals surface area contributed by atoms with Crippen LogP contribution in [-0.4, -0.2) is 45.6 Å². The molecule has 3 rings (SSSR count). The number of hydrogen-bond acceptors (Lipinski definition) is 8. The normalized spacial score (nSPS) is 10.7. The minimum atomic E-state index is -0.537. The van der Waals surface area contributed by atoms with Crippen molar-refractivity contribution in [2.75, 3.05) is 19.0 Å². The number of carbonyl (C=O) groups is 1. The topological polar surface area (TPSA) is 134 Å². The molecular formula is C18H16N6O5. The molecule has 148 valence electrons. The number of benzene rings is 2. The molecular weight excluding hydrogens is 380 g/mol. The second-order valence-corrected chi connectivity index (χ2v) is 5.64. The molecule has 0 saturated heterocycles. The highest BCUT2D eigenvalue weighted by Gasteiger charge is 2.11. The van der Waals surface area contributed by atoms with E-state index in [0.29, 0.717) is 17.2 Å². The largest absolute Gasteiger partial charge is 0.493 e. The van der Waals surface area contributed by atoms with E-state index in [1.807, 2.05) is 0 Å². The van der Waals surface area contributed by atoms with Crippen molar-refractivity contribution in [3.63, 3.8) is 0 Å². The van der Waals surface area contributed by atoms with Crippen LogP contribution in [0.3, 0.4) is 0 Å². The van der Waals surface area contributed by atoms with Crippen molar-refractivity contribution in [3.05, 3.63) is 70.8 Å². The summed E-state index contributed by atoms with van der Waals surface area (Å²) in [4.78, 5) is 22.3. The molecule has 0 radical (unpaired) electrons. The first kappa shape index (κ1) is 19.5. The van der Waals surface area contributed by atoms with Gasteiger partial charge in [-0.1, -0.05) is 6.07 Å². The summed E-state index contributed by atoms with van der Waals surface area (Å²) in [7, 11) is 1.48. The predicted molar refractivity (Wildman–Crippen MR) is 103 cm³/mol. The summed E-state index contributed by atoms with van der Waals surface area (Å²) in [5.74, 6) is 0.315. The standard InChI is InChI=1S/C18H16N6O5/c1-28-17-7-13(9-21-23-11-19-20-12-23)5-6-16(17)29-10-18(25)22-14-3-2-4-15(8-14)24(26)27/h2-9,11-12H,10H2,1H3,(H,22,25)/b21-9-. The number of nitro benzene ring substituents is 1. The Morgan fingerprint density at radius 1 is 1.24 bits per heavy atom. The monoisotopic (exact) mass is 396 g/mol. The van der Waals surface area contributed by atoms with Crippen molar-refractivity contribution in [3.8, 4) is 11.5 Å². The van der Waals surface area contributed by atoms with E-state index in [-0.39, 0.29) is 12.3 Å². The number of amides is 1. The van der Waals surface area contributed by atoms with E-state index >= 15 is 0 Å². The fourth-order valence-corrected chi connectivity index (χ4v) is 2.31. The van der Waals surface area contributed by atoms with Gasteiger partial charge in [-0.05, 0) is 29.8 Å². The molecule has 2 aromatic carbocycles. The summed E-state index contributed by atoms with van der Waals surface area (Å²) in [6.45, 7) is -0.298. The van der Waals surface area contributed by atoms with Crippen LogP contribution in [0.2, 0.25) is 0 Å². The van der Waals surface area contributed by atoms with Gasteiger partial charge < -0.3 is 14.8 Å². The predicted octanol–water partition coefficient (Wildman–Crippen LogP) is 2.09. The number of non-ortho nitro benzene ring substituents is 1. The van der Waals surface area contributed by atoms with Gasteiger partial charge in [-0.3, -0.25) is 14.9 Å². The third-order valence-electron chi connectivity index (χ3n) is 3.63. The molecule has 1 N–H and O–H groups in total. The Balaban J connectivity index is 1.61. The molecule has 1 aromatic heterocycles. The molecule has 0 aliphatic rings. The van der Waals surface area contributed by atoms with Crippen LogP contribution < -0.4 is 14.8 Å². The fourth-order valence-electron chi connectivity index (χ4n) is 2.31. The third kappa shape index (κ3) is 5.35. The third-order valence-corrected chi connectivity index (χ3v) is 3.63. The van der Waals surface area contributed by atoms with Crippen LogP contribution in [0.1, 0.15) is 5.56 Å². The zero-order chi connectivity index (χ0) is 20.6. The highest BCUT2D eigenvalue weighted by Crippen LogP contribution is 2.27. The Labute approximate surface area is 164 Å². The molecule has 0 atom stereocenters. The van der Waals surface area contributed by atoms with Crippen molar-refractivity contribution in [1.29, 1.82) is 0 Å². The van der Waals surface area contributed by atoms with Crippen LogP contribution in [0.25, 0.3) is 0 Å². The first-order valence-corrected chi connectivity index (χ1v) is 8.29. The Bertz CT molecular complexity index is 1030. The minimum absolute atomic E-state index is 0.117. The Kier molecular flexibility index (Phi) is 6.10. The minimum Gasteiger partial charge on any atom is -0.493 e. The molecule has 1 amide bonds. The molecule has 0 aliphatic heterocycles. The molecule has 0 saturated carbocycles. The first-order valence-electron chi connectivity index (χ1n) is 8.29. The number of nitrogens with one attached hydrogen (secondary N) is 1. The molecule has 11 nitrogen and oxygen atoms in total. The maximum Gasteiger partial charge on any atom is 0.271 e. The molecule has 29 heavy (non-hydrogen) atoms. The second-order valence-electron chi connectivity index (χ2n) is 5.64. The van der Waals surface area contributed by atoms with Gasteiger partial charge in [0, 0.05) is 17.8 Å². The fraction of sp³-hybridized carbons (Fsp3) is 0.111. The van der Waals surface area contributed by atoms with Gasteiger partial charge in [0.2, 0.25) is 0 Å². The summed E-state index contributed by atoms with van der Waals surface area (Å²) in [6.07, 6.45) is 4.49. The first-order chi connectivity index (χ1) is 14.0. The lowest BCUT2D eigenvalue weighted by Crippen LogP contribution is -2.20. The molecule has 0 fully saturated rings. The van der Waals surface area contributed by atoms with Crippen LogP contribution in [-0.2, 0) is 4.79 Å². The zero-order valence-corrected chi connectivity index (χ0v) is 15.3. The second kappa shape index (κ2) is 9.08. The van der Waals surface area contributed by atoms with Gasteiger partial charge in [-0.25, -0.2) is 4.68 Å². The number of methoxy groups -OCH3 is 1. The lowest BCUT2D eigenvalue weighted by atomic mass is 10.2. The average molecular weight is 396 g/mol. The van der Waals surface area contributed by atoms with E-state index in [2.05, 4.69) is 20.6 Å². The molecule has 11 heteroatoms. The van der Waals surface area contributed by atoms with E-state index in [1.165, 1.54) is 42.6 Å². The summed E-state index contributed by atoms with van der Waals surface area (Å²) >= 11 is 0. The number of hydrogen-bond donors (Lipinski definition) is 1. The average Bonchev–Trinajstić information content (AvgIpc) is 3.24. The van der Waals surface area contributed by atoms with Crippen LogP contribution in [0.4, 0.5) is 11.4 Å². The SMILES string of the molecule is COc1cc(/C=N\n2cnnc2)ccc1OCC(=O)Nc1cccc([N+](=O)[O-])c1. The van der Waals surface area contributed by atoms with Gasteiger partial charge in [-0.15, -0.1) is 10.2 Å². The van der Waals surface area contributed by atoms with E-state index in [0.717, 1.165) is 5.56 Å². The Morgan fingerprint density at radius 3 is 2.76 bits per heavy atom. The lowest BCUT2D eigenvalue weighted by Gasteiger charge is -2.11. The number of ether oxygens (including phenoxy) is 2. The van der Waals surface area contributed by atoms with Gasteiger partial charge in [-0.2, -0.15) is 5.10 Å². The van der Waals surface area contributed by atoms with E-state index in [4.69, 9.17) is 9.47 Å². The van der Waals surface area contributed by atoms with Crippen molar-refractivity contribution in [2.24, 2.45) is 5.10 Å². The Morgan fingerprint density at radius 2 is 2.03 bits per heavy atom. The summed E-state index contributed by atoms with van der Waals surface area (Å²) in [5, 5.41) is 24.8. The number of nitrogens with zero attached hydrogens (tertiary/aromatic N) is 5. The van der Waals surface area contributed by atoms with E-state index in [1.54, 1.807) is 30.5 Å². The van der Waals surface area contributed by atoms with Gasteiger partial charge in [0.1, 0.15) is 12.7 Å². The number of aromatic nitrogens is 3. The maximum absolute atomic E-state index is 12.1. The highest BCUT2D eigenvalue weighted by atomic mass is 16.6. The smallest absolute Gasteiger partial charge is 0.271 e.